The number of hydrogen-bond acceptors (Lipinski definition) is 7. The average molecular weight is 449 g/mol. The molecule has 4 rings (SSSR count). The molecule has 0 saturated heterocycles. The molecule has 1 aliphatic rings. The van der Waals surface area contributed by atoms with Crippen LogP contribution in [0.4, 0.5) is 5.13 Å². The molecule has 162 valence electrons. The predicted octanol–water partition coefficient (Wildman–Crippen LogP) is 3.29. The van der Waals surface area contributed by atoms with Crippen molar-refractivity contribution in [2.45, 2.75) is 26.2 Å². The molecule has 0 bridgehead atoms. The first-order valence-corrected chi connectivity index (χ1v) is 10.9. The first-order valence-electron chi connectivity index (χ1n) is 10.1. The zero-order valence-electron chi connectivity index (χ0n) is 17.3. The van der Waals surface area contributed by atoms with E-state index in [4.69, 9.17) is 0 Å². The molecular formula is C23H20N4O4S. The quantitative estimate of drug-likeness (QED) is 0.418. The topological polar surface area (TPSA) is 109 Å². The van der Waals surface area contributed by atoms with Gasteiger partial charge in [-0.3, -0.25) is 24.1 Å². The van der Waals surface area contributed by atoms with Gasteiger partial charge >= 0.3 is 0 Å². The molecule has 0 saturated carbocycles. The van der Waals surface area contributed by atoms with Gasteiger partial charge in [0.05, 0.1) is 11.1 Å². The fourth-order valence-electron chi connectivity index (χ4n) is 3.35. The standard InChI is InChI=1S/C23H20N4O4S/c1-14-6-8-15(9-7-14)18(28)10-11-19(29)24-23-26-25-20(32-23)12-13-27-21(30)16-4-2-3-5-17(16)22(27)31/h2-9H,10-13H2,1H3,(H,24,26,29). The summed E-state index contributed by atoms with van der Waals surface area (Å²) < 4.78 is 0. The third-order valence-electron chi connectivity index (χ3n) is 5.09. The van der Waals surface area contributed by atoms with Gasteiger partial charge in [0.25, 0.3) is 11.8 Å². The van der Waals surface area contributed by atoms with Crippen LogP contribution in [0.15, 0.2) is 48.5 Å². The number of amides is 3. The number of fused-ring (bicyclic) bond motifs is 1. The van der Waals surface area contributed by atoms with Crippen molar-refractivity contribution in [1.82, 2.24) is 15.1 Å². The van der Waals surface area contributed by atoms with Gasteiger partial charge in [-0.2, -0.15) is 0 Å². The molecular weight excluding hydrogens is 428 g/mol. The Hall–Kier alpha value is -3.72. The van der Waals surface area contributed by atoms with Gasteiger partial charge in [-0.1, -0.05) is 53.3 Å². The van der Waals surface area contributed by atoms with Gasteiger partial charge in [0.1, 0.15) is 5.01 Å². The Balaban J connectivity index is 1.26. The number of anilines is 1. The van der Waals surface area contributed by atoms with Crippen molar-refractivity contribution >= 4 is 40.0 Å². The summed E-state index contributed by atoms with van der Waals surface area (Å²) in [4.78, 5) is 50.4. The maximum atomic E-state index is 12.4. The summed E-state index contributed by atoms with van der Waals surface area (Å²) in [6.07, 6.45) is 0.474. The lowest BCUT2D eigenvalue weighted by atomic mass is 10.1. The van der Waals surface area contributed by atoms with Crippen molar-refractivity contribution in [2.24, 2.45) is 0 Å². The first-order chi connectivity index (χ1) is 15.4. The molecule has 2 aromatic carbocycles. The fourth-order valence-corrected chi connectivity index (χ4v) is 4.09. The molecule has 0 unspecified atom stereocenters. The van der Waals surface area contributed by atoms with Gasteiger partial charge in [-0.05, 0) is 19.1 Å². The number of imide groups is 1. The Bertz CT molecular complexity index is 1170. The van der Waals surface area contributed by atoms with Crippen molar-refractivity contribution < 1.29 is 19.2 Å². The average Bonchev–Trinajstić information content (AvgIpc) is 3.33. The van der Waals surface area contributed by atoms with Crippen molar-refractivity contribution in [1.29, 1.82) is 0 Å². The predicted molar refractivity (Wildman–Crippen MR) is 119 cm³/mol. The third kappa shape index (κ3) is 4.62. The zero-order valence-corrected chi connectivity index (χ0v) is 18.1. The minimum absolute atomic E-state index is 0.0384. The van der Waals surface area contributed by atoms with Gasteiger partial charge in [0, 0.05) is 31.4 Å². The summed E-state index contributed by atoms with van der Waals surface area (Å²) in [5.74, 6) is -1.06. The molecule has 0 radical (unpaired) electrons. The second-order valence-corrected chi connectivity index (χ2v) is 8.46. The van der Waals surface area contributed by atoms with Crippen LogP contribution in [0, 0.1) is 6.92 Å². The van der Waals surface area contributed by atoms with Gasteiger partial charge < -0.3 is 5.32 Å². The summed E-state index contributed by atoms with van der Waals surface area (Å²) in [6, 6.07) is 13.9. The summed E-state index contributed by atoms with van der Waals surface area (Å²) >= 11 is 1.17. The number of nitrogens with zero attached hydrogens (tertiary/aromatic N) is 3. The second kappa shape index (κ2) is 9.19. The fraction of sp³-hybridized carbons (Fsp3) is 0.217. The van der Waals surface area contributed by atoms with E-state index in [0.717, 1.165) is 5.56 Å². The highest BCUT2D eigenvalue weighted by atomic mass is 32.1. The molecule has 0 spiro atoms. The Morgan fingerprint density at radius 3 is 2.25 bits per heavy atom. The van der Waals surface area contributed by atoms with Crippen molar-refractivity contribution in [2.75, 3.05) is 11.9 Å². The molecule has 3 amide bonds. The van der Waals surface area contributed by atoms with Gasteiger partial charge in [0.15, 0.2) is 5.78 Å². The van der Waals surface area contributed by atoms with Gasteiger partial charge in [0.2, 0.25) is 11.0 Å². The molecule has 32 heavy (non-hydrogen) atoms. The lowest BCUT2D eigenvalue weighted by Gasteiger charge is -2.12. The van der Waals surface area contributed by atoms with E-state index < -0.39 is 0 Å². The number of benzene rings is 2. The summed E-state index contributed by atoms with van der Waals surface area (Å²) in [7, 11) is 0. The molecule has 8 nitrogen and oxygen atoms in total. The number of rotatable bonds is 8. The first kappa shape index (κ1) is 21.5. The van der Waals surface area contributed by atoms with Crippen LogP contribution >= 0.6 is 11.3 Å². The van der Waals surface area contributed by atoms with Crippen molar-refractivity contribution in [3.05, 3.63) is 75.8 Å². The summed E-state index contributed by atoms with van der Waals surface area (Å²) in [6.45, 7) is 2.12. The van der Waals surface area contributed by atoms with Crippen LogP contribution in [0.1, 0.15) is 54.5 Å². The number of carbonyl (C=O) groups is 4. The second-order valence-electron chi connectivity index (χ2n) is 7.40. The van der Waals surface area contributed by atoms with Crippen LogP contribution in [-0.4, -0.2) is 45.1 Å². The van der Waals surface area contributed by atoms with Gasteiger partial charge in [-0.25, -0.2) is 0 Å². The molecule has 9 heteroatoms. The van der Waals surface area contributed by atoms with Crippen LogP contribution in [0.5, 0.6) is 0 Å². The summed E-state index contributed by atoms with van der Waals surface area (Å²) in [5.41, 5.74) is 2.45. The smallest absolute Gasteiger partial charge is 0.261 e. The number of aryl methyl sites for hydroxylation is 1. The van der Waals surface area contributed by atoms with Crippen LogP contribution < -0.4 is 5.32 Å². The van der Waals surface area contributed by atoms with Crippen molar-refractivity contribution in [3.8, 4) is 0 Å². The van der Waals surface area contributed by atoms with E-state index in [-0.39, 0.29) is 42.9 Å². The Morgan fingerprint density at radius 2 is 1.59 bits per heavy atom. The summed E-state index contributed by atoms with van der Waals surface area (Å²) in [5, 5.41) is 11.5. The molecule has 1 N–H and O–H groups in total. The number of hydrogen-bond donors (Lipinski definition) is 1. The SMILES string of the molecule is Cc1ccc(C(=O)CCC(=O)Nc2nnc(CCN3C(=O)c4ccccc4C3=O)s2)cc1. The van der Waals surface area contributed by atoms with Crippen molar-refractivity contribution in [3.63, 3.8) is 0 Å². The largest absolute Gasteiger partial charge is 0.301 e. The van der Waals surface area contributed by atoms with E-state index in [0.29, 0.717) is 33.3 Å². The lowest BCUT2D eigenvalue weighted by Crippen LogP contribution is -2.31. The number of ketones is 1. The highest BCUT2D eigenvalue weighted by molar-refractivity contribution is 7.15. The maximum Gasteiger partial charge on any atom is 0.261 e. The van der Waals surface area contributed by atoms with Crippen LogP contribution in [-0.2, 0) is 11.2 Å². The van der Waals surface area contributed by atoms with E-state index in [9.17, 15) is 19.2 Å². The maximum absolute atomic E-state index is 12.4. The highest BCUT2D eigenvalue weighted by Gasteiger charge is 2.34. The number of carbonyl (C=O) groups excluding carboxylic acids is 4. The van der Waals surface area contributed by atoms with Crippen LogP contribution in [0.3, 0.4) is 0 Å². The van der Waals surface area contributed by atoms with E-state index in [1.807, 2.05) is 19.1 Å². The van der Waals surface area contributed by atoms with Gasteiger partial charge in [-0.15, -0.1) is 10.2 Å². The Kier molecular flexibility index (Phi) is 6.18. The third-order valence-corrected chi connectivity index (χ3v) is 5.99. The minimum atomic E-state index is -0.325. The molecule has 0 aliphatic carbocycles. The van der Waals surface area contributed by atoms with Crippen LogP contribution in [0.2, 0.25) is 0 Å². The molecule has 0 fully saturated rings. The Labute approximate surface area is 188 Å². The van der Waals surface area contributed by atoms with E-state index in [2.05, 4.69) is 15.5 Å². The number of aromatic nitrogens is 2. The lowest BCUT2D eigenvalue weighted by molar-refractivity contribution is -0.116. The molecule has 1 aliphatic heterocycles. The molecule has 1 aromatic heterocycles. The van der Waals surface area contributed by atoms with E-state index in [1.165, 1.54) is 16.2 Å². The van der Waals surface area contributed by atoms with E-state index >= 15 is 0 Å². The number of Topliss-reactive ketones (excluding diaryl/α,β-unsaturated/α-hetero) is 1. The Morgan fingerprint density at radius 1 is 0.938 bits per heavy atom. The van der Waals surface area contributed by atoms with Crippen LogP contribution in [0.25, 0.3) is 0 Å². The monoisotopic (exact) mass is 448 g/mol. The minimum Gasteiger partial charge on any atom is -0.301 e. The van der Waals surface area contributed by atoms with E-state index in [1.54, 1.807) is 36.4 Å². The molecule has 2 heterocycles. The number of nitrogens with one attached hydrogen (secondary N) is 1. The molecule has 3 aromatic rings. The molecule has 0 atom stereocenters. The zero-order chi connectivity index (χ0) is 22.7. The normalized spacial score (nSPS) is 12.7. The highest BCUT2D eigenvalue weighted by Crippen LogP contribution is 2.23.